The normalized spacial score (nSPS) is 10.7. The lowest BCUT2D eigenvalue weighted by molar-refractivity contribution is 0.0601. The van der Waals surface area contributed by atoms with Gasteiger partial charge in [0.1, 0.15) is 16.5 Å². The second-order valence-electron chi connectivity index (χ2n) is 8.53. The van der Waals surface area contributed by atoms with Crippen LogP contribution < -0.4 is 15.4 Å². The van der Waals surface area contributed by atoms with Crippen molar-refractivity contribution in [3.8, 4) is 11.5 Å². The van der Waals surface area contributed by atoms with Crippen LogP contribution in [0.3, 0.4) is 0 Å². The topological polar surface area (TPSA) is 77.4 Å². The lowest BCUT2D eigenvalue weighted by Crippen LogP contribution is -2.21. The number of thiocarbonyl (C=S) groups is 1. The first-order valence-corrected chi connectivity index (χ1v) is 13.2. The highest BCUT2D eigenvalue weighted by Gasteiger charge is 2.23. The first kappa shape index (κ1) is 26.4. The number of aromatic nitrogens is 2. The van der Waals surface area contributed by atoms with Crippen LogP contribution in [0.25, 0.3) is 0 Å². The van der Waals surface area contributed by atoms with E-state index in [1.807, 2.05) is 87.0 Å². The van der Waals surface area contributed by atoms with Gasteiger partial charge in [0.05, 0.1) is 36.3 Å². The molecule has 0 spiro atoms. The van der Waals surface area contributed by atoms with E-state index < -0.39 is 0 Å². The van der Waals surface area contributed by atoms with Crippen LogP contribution in [0.2, 0.25) is 0 Å². The van der Waals surface area contributed by atoms with Gasteiger partial charge in [-0.3, -0.25) is 4.68 Å². The van der Waals surface area contributed by atoms with E-state index >= 15 is 0 Å². The van der Waals surface area contributed by atoms with E-state index in [1.54, 1.807) is 0 Å². The summed E-state index contributed by atoms with van der Waals surface area (Å²) in [5, 5.41) is 12.3. The predicted molar refractivity (Wildman–Crippen MR) is 153 cm³/mol. The molecule has 0 aliphatic carbocycles. The van der Waals surface area contributed by atoms with Crippen LogP contribution in [0.5, 0.6) is 11.5 Å². The molecule has 0 bridgehead atoms. The summed E-state index contributed by atoms with van der Waals surface area (Å²) in [6.45, 7) is 8.53. The molecule has 7 nitrogen and oxygen atoms in total. The molecule has 4 rings (SSSR count). The fraction of sp³-hybridized carbons (Fsp3) is 0.250. The number of hydrogen-bond acceptors (Lipinski definition) is 6. The Bertz CT molecular complexity index is 1430. The number of carbonyl (C=O) groups excluding carboxylic acids is 1. The van der Waals surface area contributed by atoms with Crippen LogP contribution in [0, 0.1) is 20.8 Å². The zero-order valence-corrected chi connectivity index (χ0v) is 23.2. The minimum Gasteiger partial charge on any atom is -0.465 e. The molecular formula is C28H30N4O3S2. The van der Waals surface area contributed by atoms with Crippen LogP contribution >= 0.6 is 23.6 Å². The molecule has 37 heavy (non-hydrogen) atoms. The molecule has 2 aromatic heterocycles. The summed E-state index contributed by atoms with van der Waals surface area (Å²) in [7, 11) is 1.39. The maximum absolute atomic E-state index is 12.4. The monoisotopic (exact) mass is 534 g/mol. The Morgan fingerprint density at radius 3 is 2.49 bits per heavy atom. The van der Waals surface area contributed by atoms with E-state index in [2.05, 4.69) is 10.6 Å². The zero-order valence-electron chi connectivity index (χ0n) is 21.5. The number of aryl methyl sites for hydroxylation is 2. The minimum absolute atomic E-state index is 0.370. The fourth-order valence-corrected chi connectivity index (χ4v) is 5.60. The van der Waals surface area contributed by atoms with Crippen molar-refractivity contribution in [2.24, 2.45) is 0 Å². The largest absolute Gasteiger partial charge is 0.465 e. The molecule has 2 heterocycles. The van der Waals surface area contributed by atoms with Gasteiger partial charge < -0.3 is 20.1 Å². The average molecular weight is 535 g/mol. The molecule has 2 N–H and O–H groups in total. The molecule has 0 radical (unpaired) electrons. The van der Waals surface area contributed by atoms with Crippen molar-refractivity contribution in [1.29, 1.82) is 0 Å². The first-order chi connectivity index (χ1) is 17.8. The van der Waals surface area contributed by atoms with Crippen LogP contribution in [0.15, 0.2) is 54.6 Å². The van der Waals surface area contributed by atoms with Crippen molar-refractivity contribution < 1.29 is 14.3 Å². The third kappa shape index (κ3) is 6.00. The molecular weight excluding hydrogens is 504 g/mol. The molecule has 0 aliphatic heterocycles. The number of benzene rings is 2. The van der Waals surface area contributed by atoms with Crippen LogP contribution in [0.1, 0.15) is 44.7 Å². The van der Waals surface area contributed by atoms with Crippen molar-refractivity contribution in [2.75, 3.05) is 17.7 Å². The number of rotatable bonds is 8. The van der Waals surface area contributed by atoms with E-state index in [9.17, 15) is 4.79 Å². The second-order valence-corrected chi connectivity index (χ2v) is 10.2. The van der Waals surface area contributed by atoms with Crippen molar-refractivity contribution in [2.45, 2.75) is 40.7 Å². The highest BCUT2D eigenvalue weighted by atomic mass is 32.1. The number of esters is 1. The number of thiophene rings is 1. The summed E-state index contributed by atoms with van der Waals surface area (Å²) in [4.78, 5) is 13.5. The van der Waals surface area contributed by atoms with Gasteiger partial charge in [0.15, 0.2) is 5.11 Å². The number of nitrogens with one attached hydrogen (secondary N) is 2. The number of nitrogens with zero attached hydrogens (tertiary/aromatic N) is 2. The maximum atomic E-state index is 12.4. The summed E-state index contributed by atoms with van der Waals surface area (Å²) in [5.74, 6) is 1.19. The molecule has 192 valence electrons. The summed E-state index contributed by atoms with van der Waals surface area (Å²) in [5.41, 5.74) is 5.18. The van der Waals surface area contributed by atoms with Gasteiger partial charge in [-0.2, -0.15) is 5.10 Å². The molecule has 9 heteroatoms. The lowest BCUT2D eigenvalue weighted by atomic mass is 10.1. The standard InChI is InChI=1S/C28H30N4O3S2/c1-6-23-19(4)37-26(24(23)27(33)34-5)30-28(36)29-25-17(2)31-32(18(25)3)16-20-11-10-14-22(15-20)35-21-12-8-7-9-13-21/h7-15H,6,16H2,1-5H3,(H2,29,30,36). The van der Waals surface area contributed by atoms with E-state index in [0.29, 0.717) is 22.2 Å². The number of anilines is 2. The van der Waals surface area contributed by atoms with E-state index in [0.717, 1.165) is 51.0 Å². The Balaban J connectivity index is 1.49. The van der Waals surface area contributed by atoms with E-state index in [1.165, 1.54) is 18.4 Å². The Morgan fingerprint density at radius 1 is 1.05 bits per heavy atom. The highest BCUT2D eigenvalue weighted by Crippen LogP contribution is 2.34. The summed E-state index contributed by atoms with van der Waals surface area (Å²) < 4.78 is 12.9. The zero-order chi connectivity index (χ0) is 26.5. The van der Waals surface area contributed by atoms with Crippen LogP contribution in [-0.4, -0.2) is 28.0 Å². The number of carbonyl (C=O) groups is 1. The molecule has 0 saturated carbocycles. The molecule has 0 amide bonds. The smallest absolute Gasteiger partial charge is 0.341 e. The van der Waals surface area contributed by atoms with Gasteiger partial charge >= 0.3 is 5.97 Å². The number of para-hydroxylation sites is 1. The van der Waals surface area contributed by atoms with Gasteiger partial charge in [-0.1, -0.05) is 37.3 Å². The molecule has 0 aliphatic rings. The van der Waals surface area contributed by atoms with E-state index in [-0.39, 0.29) is 5.97 Å². The van der Waals surface area contributed by atoms with E-state index in [4.69, 9.17) is 26.8 Å². The average Bonchev–Trinajstić information content (AvgIpc) is 3.33. The molecule has 0 fully saturated rings. The van der Waals surface area contributed by atoms with Crippen LogP contribution in [-0.2, 0) is 17.7 Å². The Kier molecular flexibility index (Phi) is 8.25. The van der Waals surface area contributed by atoms with Crippen molar-refractivity contribution in [1.82, 2.24) is 9.78 Å². The van der Waals surface area contributed by atoms with Crippen molar-refractivity contribution >= 4 is 45.3 Å². The first-order valence-electron chi connectivity index (χ1n) is 11.9. The highest BCUT2D eigenvalue weighted by molar-refractivity contribution is 7.80. The third-order valence-corrected chi connectivity index (χ3v) is 7.28. The maximum Gasteiger partial charge on any atom is 0.341 e. The third-order valence-electron chi connectivity index (χ3n) is 6.01. The van der Waals surface area contributed by atoms with Crippen molar-refractivity contribution in [3.63, 3.8) is 0 Å². The van der Waals surface area contributed by atoms with Gasteiger partial charge in [0.25, 0.3) is 0 Å². The predicted octanol–water partition coefficient (Wildman–Crippen LogP) is 6.87. The van der Waals surface area contributed by atoms with Gasteiger partial charge in [0, 0.05) is 4.88 Å². The summed E-state index contributed by atoms with van der Waals surface area (Å²) in [6.07, 6.45) is 0.733. The Morgan fingerprint density at radius 2 is 1.78 bits per heavy atom. The fourth-order valence-electron chi connectivity index (χ4n) is 4.20. The molecule has 4 aromatic rings. The van der Waals surface area contributed by atoms with Gasteiger partial charge in [-0.25, -0.2) is 4.79 Å². The second kappa shape index (κ2) is 11.6. The quantitative estimate of drug-likeness (QED) is 0.189. The minimum atomic E-state index is -0.370. The van der Waals surface area contributed by atoms with Gasteiger partial charge in [-0.05, 0) is 74.8 Å². The molecule has 0 unspecified atom stereocenters. The molecule has 0 atom stereocenters. The summed E-state index contributed by atoms with van der Waals surface area (Å²) in [6, 6.07) is 17.7. The number of hydrogen-bond donors (Lipinski definition) is 2. The Hall–Kier alpha value is -3.69. The Labute approximate surface area is 226 Å². The number of methoxy groups -OCH3 is 1. The number of ether oxygens (including phenoxy) is 2. The molecule has 2 aromatic carbocycles. The van der Waals surface area contributed by atoms with Gasteiger partial charge in [0.2, 0.25) is 0 Å². The van der Waals surface area contributed by atoms with Gasteiger partial charge in [-0.15, -0.1) is 11.3 Å². The molecule has 0 saturated heterocycles. The lowest BCUT2D eigenvalue weighted by Gasteiger charge is -2.12. The van der Waals surface area contributed by atoms with Crippen molar-refractivity contribution in [3.05, 3.63) is 87.6 Å². The SMILES string of the molecule is CCc1c(C)sc(NC(=S)Nc2c(C)nn(Cc3cccc(Oc4ccccc4)c3)c2C)c1C(=O)OC. The van der Waals surface area contributed by atoms with Crippen LogP contribution in [0.4, 0.5) is 10.7 Å². The summed E-state index contributed by atoms with van der Waals surface area (Å²) >= 11 is 7.10.